The molecule has 0 spiro atoms. The van der Waals surface area contributed by atoms with Crippen LogP contribution in [-0.4, -0.2) is 4.57 Å². The molecule has 1 nitrogen and oxygen atoms in total. The third-order valence-electron chi connectivity index (χ3n) is 8.79. The number of hydrogen-bond acceptors (Lipinski definition) is 1. The minimum atomic E-state index is 1.18. The van der Waals surface area contributed by atoms with E-state index in [4.69, 9.17) is 0 Å². The normalized spacial score (nSPS) is 11.6. The molecule has 0 fully saturated rings. The molecule has 0 aliphatic carbocycles. The van der Waals surface area contributed by atoms with Crippen LogP contribution in [0.1, 0.15) is 0 Å². The van der Waals surface area contributed by atoms with Crippen molar-refractivity contribution < 1.29 is 0 Å². The van der Waals surface area contributed by atoms with E-state index in [1.54, 1.807) is 0 Å². The predicted molar refractivity (Wildman–Crippen MR) is 190 cm³/mol. The van der Waals surface area contributed by atoms with Gasteiger partial charge in [-0.2, -0.15) is 0 Å². The van der Waals surface area contributed by atoms with E-state index in [2.05, 4.69) is 168 Å². The molecule has 0 amide bonds. The van der Waals surface area contributed by atoms with Gasteiger partial charge in [-0.25, -0.2) is 0 Å². The standard InChI is InChI=1S/C42H27NS/c1-2-14-34(15-3-1)43-39-18-6-4-16-35(39)37-26-32(20-22-40(37)43)30-12-8-10-28(24-30)29-11-9-13-31(25-29)33-21-23-42-38(27-33)36-17-5-7-19-41(36)44-42/h1-27H. The van der Waals surface area contributed by atoms with Crippen LogP contribution in [0.15, 0.2) is 164 Å². The van der Waals surface area contributed by atoms with Crippen molar-refractivity contribution in [1.82, 2.24) is 4.57 Å². The molecule has 0 aliphatic heterocycles. The Hall–Kier alpha value is -5.44. The summed E-state index contributed by atoms with van der Waals surface area (Å²) < 4.78 is 5.04. The van der Waals surface area contributed by atoms with Crippen LogP contribution in [0.4, 0.5) is 0 Å². The largest absolute Gasteiger partial charge is 0.309 e. The number of aromatic nitrogens is 1. The van der Waals surface area contributed by atoms with E-state index in [0.717, 1.165) is 0 Å². The van der Waals surface area contributed by atoms with Crippen LogP contribution in [0, 0.1) is 0 Å². The lowest BCUT2D eigenvalue weighted by molar-refractivity contribution is 1.18. The topological polar surface area (TPSA) is 4.93 Å². The van der Waals surface area contributed by atoms with Gasteiger partial charge in [0.1, 0.15) is 0 Å². The van der Waals surface area contributed by atoms with Gasteiger partial charge in [0.05, 0.1) is 11.0 Å². The van der Waals surface area contributed by atoms with Gasteiger partial charge < -0.3 is 4.57 Å². The molecular weight excluding hydrogens is 551 g/mol. The lowest BCUT2D eigenvalue weighted by Crippen LogP contribution is -1.92. The maximum atomic E-state index is 2.37. The first-order valence-corrected chi connectivity index (χ1v) is 15.8. The molecule has 0 N–H and O–H groups in total. The van der Waals surface area contributed by atoms with E-state index in [1.807, 2.05) is 11.3 Å². The number of fused-ring (bicyclic) bond motifs is 6. The van der Waals surface area contributed by atoms with Crippen molar-refractivity contribution in [2.75, 3.05) is 0 Å². The maximum Gasteiger partial charge on any atom is 0.0541 e. The van der Waals surface area contributed by atoms with Crippen molar-refractivity contribution in [1.29, 1.82) is 0 Å². The van der Waals surface area contributed by atoms with E-state index in [1.165, 1.54) is 81.0 Å². The summed E-state index contributed by atoms with van der Waals surface area (Å²) in [6.45, 7) is 0. The Morgan fingerprint density at radius 2 is 0.841 bits per heavy atom. The first-order chi connectivity index (χ1) is 21.8. The molecule has 2 heterocycles. The Kier molecular flexibility index (Phi) is 5.75. The highest BCUT2D eigenvalue weighted by atomic mass is 32.1. The lowest BCUT2D eigenvalue weighted by Gasteiger charge is -2.10. The van der Waals surface area contributed by atoms with Gasteiger partial charge in [-0.3, -0.25) is 0 Å². The van der Waals surface area contributed by atoms with E-state index < -0.39 is 0 Å². The molecule has 2 aromatic heterocycles. The van der Waals surface area contributed by atoms with E-state index in [0.29, 0.717) is 0 Å². The van der Waals surface area contributed by atoms with Crippen molar-refractivity contribution in [3.05, 3.63) is 164 Å². The molecule has 7 aromatic carbocycles. The predicted octanol–water partition coefficient (Wildman–Crippen LogP) is 12.2. The second kappa shape index (κ2) is 10.1. The number of nitrogens with zero attached hydrogens (tertiary/aromatic N) is 1. The number of thiophene rings is 1. The van der Waals surface area contributed by atoms with Crippen molar-refractivity contribution in [3.8, 4) is 39.1 Å². The first kappa shape index (κ1) is 25.1. The summed E-state index contributed by atoms with van der Waals surface area (Å²) in [5.41, 5.74) is 11.0. The Morgan fingerprint density at radius 3 is 1.57 bits per heavy atom. The van der Waals surface area contributed by atoms with Crippen molar-refractivity contribution in [2.24, 2.45) is 0 Å². The highest BCUT2D eigenvalue weighted by molar-refractivity contribution is 7.25. The van der Waals surface area contributed by atoms with Gasteiger partial charge in [0.2, 0.25) is 0 Å². The number of benzene rings is 7. The number of rotatable bonds is 4. The van der Waals surface area contributed by atoms with Crippen LogP contribution in [-0.2, 0) is 0 Å². The van der Waals surface area contributed by atoms with Gasteiger partial charge in [0.25, 0.3) is 0 Å². The first-order valence-electron chi connectivity index (χ1n) is 15.0. The molecule has 206 valence electrons. The highest BCUT2D eigenvalue weighted by Gasteiger charge is 2.13. The van der Waals surface area contributed by atoms with E-state index >= 15 is 0 Å². The van der Waals surface area contributed by atoms with Crippen LogP contribution in [0.3, 0.4) is 0 Å². The lowest BCUT2D eigenvalue weighted by atomic mass is 9.95. The average molecular weight is 578 g/mol. The molecule has 0 radical (unpaired) electrons. The second-order valence-corrected chi connectivity index (χ2v) is 12.5. The summed E-state index contributed by atoms with van der Waals surface area (Å²) in [7, 11) is 0. The van der Waals surface area contributed by atoms with Crippen molar-refractivity contribution >= 4 is 53.3 Å². The quantitative estimate of drug-likeness (QED) is 0.196. The zero-order valence-electron chi connectivity index (χ0n) is 23.9. The number of para-hydroxylation sites is 2. The molecule has 0 unspecified atom stereocenters. The van der Waals surface area contributed by atoms with E-state index in [9.17, 15) is 0 Å². The zero-order valence-corrected chi connectivity index (χ0v) is 24.8. The molecule has 0 bridgehead atoms. The fourth-order valence-corrected chi connectivity index (χ4v) is 7.76. The molecular formula is C42H27NS. The third-order valence-corrected chi connectivity index (χ3v) is 9.94. The van der Waals surface area contributed by atoms with Gasteiger partial charge in [-0.1, -0.05) is 103 Å². The molecule has 0 saturated heterocycles. The summed E-state index contributed by atoms with van der Waals surface area (Å²) in [5.74, 6) is 0. The number of hydrogen-bond donors (Lipinski definition) is 0. The minimum absolute atomic E-state index is 1.18. The molecule has 2 heteroatoms. The Labute approximate surface area is 259 Å². The summed E-state index contributed by atoms with van der Waals surface area (Å²) in [6.07, 6.45) is 0. The van der Waals surface area contributed by atoms with Gasteiger partial charge >= 0.3 is 0 Å². The smallest absolute Gasteiger partial charge is 0.0541 e. The summed E-state index contributed by atoms with van der Waals surface area (Å²) >= 11 is 1.86. The van der Waals surface area contributed by atoms with Crippen molar-refractivity contribution in [3.63, 3.8) is 0 Å². The summed E-state index contributed by atoms with van der Waals surface area (Å²) in [4.78, 5) is 0. The Balaban J connectivity index is 1.12. The third kappa shape index (κ3) is 4.07. The summed E-state index contributed by atoms with van der Waals surface area (Å²) in [5, 5.41) is 5.21. The maximum absolute atomic E-state index is 2.37. The second-order valence-electron chi connectivity index (χ2n) is 11.4. The van der Waals surface area contributed by atoms with Gasteiger partial charge in [-0.15, -0.1) is 11.3 Å². The Bertz CT molecular complexity index is 2500. The van der Waals surface area contributed by atoms with Crippen LogP contribution in [0.2, 0.25) is 0 Å². The monoisotopic (exact) mass is 577 g/mol. The Morgan fingerprint density at radius 1 is 0.318 bits per heavy atom. The molecule has 0 saturated carbocycles. The average Bonchev–Trinajstić information content (AvgIpc) is 3.64. The molecule has 0 atom stereocenters. The molecule has 9 aromatic rings. The highest BCUT2D eigenvalue weighted by Crippen LogP contribution is 2.38. The van der Waals surface area contributed by atoms with Gasteiger partial charge in [0, 0.05) is 36.6 Å². The fraction of sp³-hybridized carbons (Fsp3) is 0. The van der Waals surface area contributed by atoms with E-state index in [-0.39, 0.29) is 0 Å². The van der Waals surface area contributed by atoms with Crippen LogP contribution >= 0.6 is 11.3 Å². The van der Waals surface area contributed by atoms with Crippen LogP contribution in [0.5, 0.6) is 0 Å². The summed E-state index contributed by atoms with van der Waals surface area (Å²) in [6, 6.07) is 59.7. The van der Waals surface area contributed by atoms with Crippen LogP contribution < -0.4 is 0 Å². The van der Waals surface area contributed by atoms with Crippen molar-refractivity contribution in [2.45, 2.75) is 0 Å². The van der Waals surface area contributed by atoms with Gasteiger partial charge in [-0.05, 0) is 94.0 Å². The minimum Gasteiger partial charge on any atom is -0.309 e. The fourth-order valence-electron chi connectivity index (χ4n) is 6.67. The molecule has 44 heavy (non-hydrogen) atoms. The SMILES string of the molecule is c1ccc(-n2c3ccccc3c3cc(-c4cccc(-c5cccc(-c6ccc7sc8ccccc8c7c6)c5)c4)ccc32)cc1. The zero-order chi connectivity index (χ0) is 29.0. The molecule has 0 aliphatic rings. The van der Waals surface area contributed by atoms with Gasteiger partial charge in [0.15, 0.2) is 0 Å². The molecule has 9 rings (SSSR count). The van der Waals surface area contributed by atoms with Crippen LogP contribution in [0.25, 0.3) is 81.0 Å².